The van der Waals surface area contributed by atoms with Gasteiger partial charge in [-0.05, 0) is 25.8 Å². The maximum absolute atomic E-state index is 11.5. The summed E-state index contributed by atoms with van der Waals surface area (Å²) >= 11 is 0. The van der Waals surface area contributed by atoms with Crippen LogP contribution in [0.15, 0.2) is 0 Å². The van der Waals surface area contributed by atoms with Gasteiger partial charge in [-0.3, -0.25) is 9.69 Å². The van der Waals surface area contributed by atoms with E-state index in [4.69, 9.17) is 0 Å². The van der Waals surface area contributed by atoms with Gasteiger partial charge < -0.3 is 10.4 Å². The number of nitrogens with zero attached hydrogens (tertiary/aromatic N) is 1. The van der Waals surface area contributed by atoms with Gasteiger partial charge >= 0.3 is 0 Å². The lowest BCUT2D eigenvalue weighted by Crippen LogP contribution is -2.44. The van der Waals surface area contributed by atoms with E-state index in [1.807, 2.05) is 4.90 Å². The summed E-state index contributed by atoms with van der Waals surface area (Å²) in [7, 11) is 0. The van der Waals surface area contributed by atoms with E-state index >= 15 is 0 Å². The lowest BCUT2D eigenvalue weighted by atomic mass is 10.1. The first-order valence-electron chi connectivity index (χ1n) is 5.89. The van der Waals surface area contributed by atoms with Crippen molar-refractivity contribution < 1.29 is 9.90 Å². The summed E-state index contributed by atoms with van der Waals surface area (Å²) < 4.78 is 0. The second-order valence-corrected chi connectivity index (χ2v) is 4.23. The van der Waals surface area contributed by atoms with Gasteiger partial charge in [-0.1, -0.05) is 13.3 Å². The Balaban J connectivity index is 2.13. The standard InChI is InChI=1S/C11H22N2O2/c1-2-3-6-12-11(15)9-13-7-4-5-10(14)8-13/h10,14H,2-9H2,1H3,(H,12,15). The summed E-state index contributed by atoms with van der Waals surface area (Å²) in [4.78, 5) is 13.5. The summed E-state index contributed by atoms with van der Waals surface area (Å²) in [5, 5.41) is 12.3. The molecule has 1 amide bonds. The molecule has 0 radical (unpaired) electrons. The van der Waals surface area contributed by atoms with Crippen LogP contribution in [0.1, 0.15) is 32.6 Å². The van der Waals surface area contributed by atoms with Gasteiger partial charge in [0.25, 0.3) is 0 Å². The molecule has 4 heteroatoms. The molecule has 4 nitrogen and oxygen atoms in total. The van der Waals surface area contributed by atoms with Crippen molar-refractivity contribution in [1.82, 2.24) is 10.2 Å². The van der Waals surface area contributed by atoms with Gasteiger partial charge in [-0.25, -0.2) is 0 Å². The SMILES string of the molecule is CCCCNC(=O)CN1CCCC(O)C1. The molecule has 1 aliphatic heterocycles. The van der Waals surface area contributed by atoms with Crippen molar-refractivity contribution in [3.05, 3.63) is 0 Å². The van der Waals surface area contributed by atoms with E-state index in [9.17, 15) is 9.90 Å². The molecule has 2 N–H and O–H groups in total. The van der Waals surface area contributed by atoms with E-state index < -0.39 is 0 Å². The minimum Gasteiger partial charge on any atom is -0.392 e. The van der Waals surface area contributed by atoms with Crippen LogP contribution >= 0.6 is 0 Å². The van der Waals surface area contributed by atoms with Crippen LogP contribution in [-0.4, -0.2) is 48.2 Å². The molecular formula is C11H22N2O2. The predicted molar refractivity (Wildman–Crippen MR) is 59.6 cm³/mol. The number of aliphatic hydroxyl groups is 1. The number of piperidine rings is 1. The Hall–Kier alpha value is -0.610. The number of carbonyl (C=O) groups is 1. The minimum absolute atomic E-state index is 0.0811. The molecule has 1 rings (SSSR count). The highest BCUT2D eigenvalue weighted by molar-refractivity contribution is 5.77. The summed E-state index contributed by atoms with van der Waals surface area (Å²) in [5.74, 6) is 0.0811. The average Bonchev–Trinajstić information content (AvgIpc) is 2.18. The fourth-order valence-electron chi connectivity index (χ4n) is 1.84. The summed E-state index contributed by atoms with van der Waals surface area (Å²) in [6, 6.07) is 0. The first-order valence-corrected chi connectivity index (χ1v) is 5.89. The highest BCUT2D eigenvalue weighted by Crippen LogP contribution is 2.08. The van der Waals surface area contributed by atoms with E-state index in [1.54, 1.807) is 0 Å². The summed E-state index contributed by atoms with van der Waals surface area (Å²) in [5.41, 5.74) is 0. The molecule has 0 spiro atoms. The van der Waals surface area contributed by atoms with Gasteiger partial charge in [0.15, 0.2) is 0 Å². The lowest BCUT2D eigenvalue weighted by Gasteiger charge is -2.29. The van der Waals surface area contributed by atoms with Crippen molar-refractivity contribution in [3.63, 3.8) is 0 Å². The molecule has 15 heavy (non-hydrogen) atoms. The Labute approximate surface area is 91.6 Å². The van der Waals surface area contributed by atoms with Gasteiger partial charge in [0, 0.05) is 13.1 Å². The van der Waals surface area contributed by atoms with Gasteiger partial charge in [-0.15, -0.1) is 0 Å². The zero-order valence-corrected chi connectivity index (χ0v) is 9.54. The number of rotatable bonds is 5. The quantitative estimate of drug-likeness (QED) is 0.650. The molecule has 1 atom stereocenters. The number of nitrogens with one attached hydrogen (secondary N) is 1. The van der Waals surface area contributed by atoms with Crippen LogP contribution in [0.2, 0.25) is 0 Å². The molecule has 0 saturated carbocycles. The predicted octanol–water partition coefficient (Wildman–Crippen LogP) is 0.359. The maximum atomic E-state index is 11.5. The zero-order chi connectivity index (χ0) is 11.1. The van der Waals surface area contributed by atoms with E-state index in [0.29, 0.717) is 13.1 Å². The Morgan fingerprint density at radius 1 is 1.60 bits per heavy atom. The van der Waals surface area contributed by atoms with Crippen molar-refractivity contribution in [3.8, 4) is 0 Å². The number of hydrogen-bond acceptors (Lipinski definition) is 3. The van der Waals surface area contributed by atoms with E-state index in [0.717, 1.165) is 38.8 Å². The molecule has 1 fully saturated rings. The van der Waals surface area contributed by atoms with Crippen LogP contribution in [0.4, 0.5) is 0 Å². The van der Waals surface area contributed by atoms with Crippen molar-refractivity contribution in [2.45, 2.75) is 38.7 Å². The maximum Gasteiger partial charge on any atom is 0.234 e. The largest absolute Gasteiger partial charge is 0.392 e. The molecule has 0 aromatic carbocycles. The minimum atomic E-state index is -0.248. The molecule has 0 aromatic heterocycles. The van der Waals surface area contributed by atoms with Crippen molar-refractivity contribution in [2.24, 2.45) is 0 Å². The average molecular weight is 214 g/mol. The molecule has 0 bridgehead atoms. The second-order valence-electron chi connectivity index (χ2n) is 4.23. The number of hydrogen-bond donors (Lipinski definition) is 2. The van der Waals surface area contributed by atoms with Crippen molar-refractivity contribution >= 4 is 5.91 Å². The monoisotopic (exact) mass is 214 g/mol. The van der Waals surface area contributed by atoms with Crippen LogP contribution < -0.4 is 5.32 Å². The zero-order valence-electron chi connectivity index (χ0n) is 9.54. The van der Waals surface area contributed by atoms with E-state index in [-0.39, 0.29) is 12.0 Å². The van der Waals surface area contributed by atoms with Crippen LogP contribution in [-0.2, 0) is 4.79 Å². The first kappa shape index (κ1) is 12.5. The van der Waals surface area contributed by atoms with Crippen LogP contribution in [0.25, 0.3) is 0 Å². The molecule has 1 aliphatic rings. The van der Waals surface area contributed by atoms with E-state index in [1.165, 1.54) is 0 Å². The lowest BCUT2D eigenvalue weighted by molar-refractivity contribution is -0.122. The Bertz CT molecular complexity index is 197. The van der Waals surface area contributed by atoms with Gasteiger partial charge in [0.05, 0.1) is 12.6 Å². The normalized spacial score (nSPS) is 22.7. The number of unbranched alkanes of at least 4 members (excludes halogenated alkanes) is 1. The molecule has 88 valence electrons. The molecule has 0 aliphatic carbocycles. The number of likely N-dealkylation sites (tertiary alicyclic amines) is 1. The molecule has 1 saturated heterocycles. The Morgan fingerprint density at radius 2 is 2.40 bits per heavy atom. The third-order valence-corrected chi connectivity index (χ3v) is 2.70. The summed E-state index contributed by atoms with van der Waals surface area (Å²) in [6.45, 7) is 4.87. The summed E-state index contributed by atoms with van der Waals surface area (Å²) in [6.07, 6.45) is 3.75. The molecule has 1 unspecified atom stereocenters. The Morgan fingerprint density at radius 3 is 3.07 bits per heavy atom. The smallest absolute Gasteiger partial charge is 0.234 e. The van der Waals surface area contributed by atoms with Crippen LogP contribution in [0.5, 0.6) is 0 Å². The van der Waals surface area contributed by atoms with Crippen LogP contribution in [0, 0.1) is 0 Å². The second kappa shape index (κ2) is 6.80. The third-order valence-electron chi connectivity index (χ3n) is 2.70. The number of carbonyl (C=O) groups excluding carboxylic acids is 1. The Kier molecular flexibility index (Phi) is 5.65. The number of aliphatic hydroxyl groups excluding tert-OH is 1. The molecule has 1 heterocycles. The third kappa shape index (κ3) is 5.14. The first-order chi connectivity index (χ1) is 7.22. The number of amides is 1. The van der Waals surface area contributed by atoms with E-state index in [2.05, 4.69) is 12.2 Å². The van der Waals surface area contributed by atoms with Crippen molar-refractivity contribution in [1.29, 1.82) is 0 Å². The highest BCUT2D eigenvalue weighted by Gasteiger charge is 2.19. The van der Waals surface area contributed by atoms with Crippen LogP contribution in [0.3, 0.4) is 0 Å². The molecule has 0 aromatic rings. The topological polar surface area (TPSA) is 52.6 Å². The van der Waals surface area contributed by atoms with Gasteiger partial charge in [-0.2, -0.15) is 0 Å². The fraction of sp³-hybridized carbons (Fsp3) is 0.909. The molecular weight excluding hydrogens is 192 g/mol. The fourth-order valence-corrected chi connectivity index (χ4v) is 1.84. The highest BCUT2D eigenvalue weighted by atomic mass is 16.3. The van der Waals surface area contributed by atoms with Gasteiger partial charge in [0.2, 0.25) is 5.91 Å². The number of β-amino-alcohol motifs (C(OH)–C–C–N with tert-alkyl or cyclic N) is 1. The van der Waals surface area contributed by atoms with Crippen molar-refractivity contribution in [2.75, 3.05) is 26.2 Å². The van der Waals surface area contributed by atoms with Gasteiger partial charge in [0.1, 0.15) is 0 Å².